The zero-order chi connectivity index (χ0) is 13.1. The second-order valence-electron chi connectivity index (χ2n) is 4.54. The van der Waals surface area contributed by atoms with E-state index in [1.54, 1.807) is 32.9 Å². The van der Waals surface area contributed by atoms with E-state index in [2.05, 4.69) is 0 Å². The van der Waals surface area contributed by atoms with Gasteiger partial charge in [0.05, 0.1) is 0 Å². The summed E-state index contributed by atoms with van der Waals surface area (Å²) in [5.74, 6) is -2.96. The van der Waals surface area contributed by atoms with Crippen LogP contribution >= 0.6 is 0 Å². The maximum Gasteiger partial charge on any atom is 0.291 e. The molecule has 0 saturated carbocycles. The van der Waals surface area contributed by atoms with Gasteiger partial charge in [-0.3, -0.25) is 0 Å². The SMILES string of the molecule is C/C=C/C(F)(F)c1ccc(C(C)(C)C=O)cc1. The lowest BCUT2D eigenvalue weighted by Crippen LogP contribution is -2.19. The molecule has 1 aromatic carbocycles. The number of carbonyl (C=O) groups is 1. The first-order chi connectivity index (χ1) is 7.83. The molecule has 0 fully saturated rings. The number of carbonyl (C=O) groups excluding carboxylic acids is 1. The van der Waals surface area contributed by atoms with Gasteiger partial charge >= 0.3 is 0 Å². The Bertz CT molecular complexity index is 416. The van der Waals surface area contributed by atoms with Crippen LogP contribution in [0.4, 0.5) is 8.78 Å². The summed E-state index contributed by atoms with van der Waals surface area (Å²) >= 11 is 0. The van der Waals surface area contributed by atoms with Gasteiger partial charge < -0.3 is 4.79 Å². The van der Waals surface area contributed by atoms with Gasteiger partial charge in [0.1, 0.15) is 6.29 Å². The van der Waals surface area contributed by atoms with Crippen LogP contribution in [0.3, 0.4) is 0 Å². The van der Waals surface area contributed by atoms with Crippen molar-refractivity contribution >= 4 is 6.29 Å². The number of rotatable bonds is 4. The molecule has 0 radical (unpaired) electrons. The van der Waals surface area contributed by atoms with E-state index >= 15 is 0 Å². The quantitative estimate of drug-likeness (QED) is 0.575. The summed E-state index contributed by atoms with van der Waals surface area (Å²) in [5.41, 5.74) is 0.0163. The predicted molar refractivity (Wildman–Crippen MR) is 64.2 cm³/mol. The van der Waals surface area contributed by atoms with E-state index in [1.165, 1.54) is 18.2 Å². The summed E-state index contributed by atoms with van der Waals surface area (Å²) in [4.78, 5) is 10.9. The van der Waals surface area contributed by atoms with Crippen molar-refractivity contribution in [3.8, 4) is 0 Å². The van der Waals surface area contributed by atoms with E-state index < -0.39 is 11.3 Å². The summed E-state index contributed by atoms with van der Waals surface area (Å²) in [6, 6.07) is 5.86. The minimum Gasteiger partial charge on any atom is -0.302 e. The number of alkyl halides is 2. The second kappa shape index (κ2) is 4.78. The lowest BCUT2D eigenvalue weighted by Gasteiger charge is -2.19. The molecule has 92 valence electrons. The highest BCUT2D eigenvalue weighted by Gasteiger charge is 2.28. The van der Waals surface area contributed by atoms with Gasteiger partial charge in [0.25, 0.3) is 5.92 Å². The normalized spacial score (nSPS) is 13.0. The highest BCUT2D eigenvalue weighted by atomic mass is 19.3. The first-order valence-electron chi connectivity index (χ1n) is 5.42. The number of hydrogen-bond acceptors (Lipinski definition) is 1. The molecule has 3 heteroatoms. The van der Waals surface area contributed by atoms with Crippen LogP contribution in [0.5, 0.6) is 0 Å². The fourth-order valence-corrected chi connectivity index (χ4v) is 1.50. The molecule has 0 aliphatic rings. The third kappa shape index (κ3) is 2.99. The average molecular weight is 238 g/mol. The Hall–Kier alpha value is -1.51. The Morgan fingerprint density at radius 3 is 1.94 bits per heavy atom. The molecule has 17 heavy (non-hydrogen) atoms. The highest BCUT2D eigenvalue weighted by Crippen LogP contribution is 2.31. The Kier molecular flexibility index (Phi) is 3.81. The average Bonchev–Trinajstić information content (AvgIpc) is 2.29. The standard InChI is InChI=1S/C14H16F2O/c1-4-9-14(15,16)12-7-5-11(6-8-12)13(2,3)10-17/h4-10H,1-3H3/b9-4+. The van der Waals surface area contributed by atoms with Crippen molar-refractivity contribution in [3.63, 3.8) is 0 Å². The lowest BCUT2D eigenvalue weighted by atomic mass is 9.85. The van der Waals surface area contributed by atoms with Gasteiger partial charge in [0.15, 0.2) is 0 Å². The summed E-state index contributed by atoms with van der Waals surface area (Å²) < 4.78 is 27.0. The zero-order valence-corrected chi connectivity index (χ0v) is 10.2. The van der Waals surface area contributed by atoms with Gasteiger partial charge in [-0.2, -0.15) is 8.78 Å². The van der Waals surface area contributed by atoms with Gasteiger partial charge in [-0.25, -0.2) is 0 Å². The van der Waals surface area contributed by atoms with E-state index in [-0.39, 0.29) is 5.56 Å². The fraction of sp³-hybridized carbons (Fsp3) is 0.357. The fourth-order valence-electron chi connectivity index (χ4n) is 1.50. The van der Waals surface area contributed by atoms with Crippen molar-refractivity contribution in [1.82, 2.24) is 0 Å². The van der Waals surface area contributed by atoms with Crippen molar-refractivity contribution in [1.29, 1.82) is 0 Å². The van der Waals surface area contributed by atoms with Crippen LogP contribution in [0.1, 0.15) is 31.9 Å². The molecule has 0 atom stereocenters. The van der Waals surface area contributed by atoms with Crippen molar-refractivity contribution in [2.75, 3.05) is 0 Å². The predicted octanol–water partition coefficient (Wildman–Crippen LogP) is 3.83. The minimum absolute atomic E-state index is 0.0685. The summed E-state index contributed by atoms with van der Waals surface area (Å²) in [6.45, 7) is 5.05. The van der Waals surface area contributed by atoms with Crippen molar-refractivity contribution in [2.24, 2.45) is 0 Å². The maximum atomic E-state index is 13.5. The molecular weight excluding hydrogens is 222 g/mol. The van der Waals surface area contributed by atoms with E-state index in [9.17, 15) is 13.6 Å². The third-order valence-electron chi connectivity index (χ3n) is 2.68. The maximum absolute atomic E-state index is 13.5. The number of allylic oxidation sites excluding steroid dienone is 2. The Balaban J connectivity index is 3.08. The molecule has 1 nitrogen and oxygen atoms in total. The summed E-state index contributed by atoms with van der Waals surface area (Å²) in [6.07, 6.45) is 2.99. The Morgan fingerprint density at radius 2 is 1.53 bits per heavy atom. The van der Waals surface area contributed by atoms with E-state index in [0.717, 1.165) is 17.9 Å². The molecule has 0 aliphatic carbocycles. The first kappa shape index (κ1) is 13.6. The van der Waals surface area contributed by atoms with Gasteiger partial charge in [0.2, 0.25) is 0 Å². The van der Waals surface area contributed by atoms with Gasteiger partial charge in [0, 0.05) is 11.0 Å². The largest absolute Gasteiger partial charge is 0.302 e. The molecule has 1 rings (SSSR count). The van der Waals surface area contributed by atoms with Crippen molar-refractivity contribution < 1.29 is 13.6 Å². The van der Waals surface area contributed by atoms with E-state index in [4.69, 9.17) is 0 Å². The number of aldehydes is 1. The van der Waals surface area contributed by atoms with Crippen molar-refractivity contribution in [3.05, 3.63) is 47.5 Å². The Morgan fingerprint density at radius 1 is 1.06 bits per heavy atom. The minimum atomic E-state index is -2.96. The van der Waals surface area contributed by atoms with Gasteiger partial charge in [-0.15, -0.1) is 0 Å². The van der Waals surface area contributed by atoms with Crippen LogP contribution in [0.25, 0.3) is 0 Å². The van der Waals surface area contributed by atoms with Crippen LogP contribution < -0.4 is 0 Å². The monoisotopic (exact) mass is 238 g/mol. The van der Waals surface area contributed by atoms with E-state index in [1.807, 2.05) is 0 Å². The van der Waals surface area contributed by atoms with Crippen LogP contribution in [-0.4, -0.2) is 6.29 Å². The summed E-state index contributed by atoms with van der Waals surface area (Å²) in [5, 5.41) is 0. The zero-order valence-electron chi connectivity index (χ0n) is 10.2. The van der Waals surface area contributed by atoms with Crippen LogP contribution in [0, 0.1) is 0 Å². The first-order valence-corrected chi connectivity index (χ1v) is 5.42. The van der Waals surface area contributed by atoms with Crippen LogP contribution in [-0.2, 0) is 16.1 Å². The lowest BCUT2D eigenvalue weighted by molar-refractivity contribution is -0.111. The number of halogens is 2. The number of benzene rings is 1. The molecule has 0 aliphatic heterocycles. The molecule has 0 aromatic heterocycles. The highest BCUT2D eigenvalue weighted by molar-refractivity contribution is 5.67. The second-order valence-corrected chi connectivity index (χ2v) is 4.54. The molecule has 0 unspecified atom stereocenters. The van der Waals surface area contributed by atoms with Gasteiger partial charge in [-0.05, 0) is 32.4 Å². The van der Waals surface area contributed by atoms with Crippen LogP contribution in [0.2, 0.25) is 0 Å². The van der Waals surface area contributed by atoms with Crippen molar-refractivity contribution in [2.45, 2.75) is 32.1 Å². The summed E-state index contributed by atoms with van der Waals surface area (Å²) in [7, 11) is 0. The molecule has 0 spiro atoms. The Labute approximate surface area is 100 Å². The molecule has 0 amide bonds. The topological polar surface area (TPSA) is 17.1 Å². The van der Waals surface area contributed by atoms with Crippen LogP contribution in [0.15, 0.2) is 36.4 Å². The molecule has 0 bridgehead atoms. The molecular formula is C14H16F2O. The van der Waals surface area contributed by atoms with E-state index in [0.29, 0.717) is 0 Å². The molecule has 1 aromatic rings. The molecule has 0 heterocycles. The smallest absolute Gasteiger partial charge is 0.291 e. The van der Waals surface area contributed by atoms with Gasteiger partial charge in [-0.1, -0.05) is 30.3 Å². The number of hydrogen-bond donors (Lipinski definition) is 0. The molecule has 0 saturated heterocycles. The third-order valence-corrected chi connectivity index (χ3v) is 2.68. The molecule has 0 N–H and O–H groups in total.